The van der Waals surface area contributed by atoms with Crippen LogP contribution in [0.1, 0.15) is 0 Å². The van der Waals surface area contributed by atoms with E-state index in [-0.39, 0.29) is 11.4 Å². The predicted octanol–water partition coefficient (Wildman–Crippen LogP) is 2.49. The molecule has 3 nitrogen and oxygen atoms in total. The van der Waals surface area contributed by atoms with Gasteiger partial charge >= 0.3 is 0 Å². The van der Waals surface area contributed by atoms with E-state index in [1.54, 1.807) is 18.3 Å². The minimum absolute atomic E-state index is 0.0128. The highest BCUT2D eigenvalue weighted by atomic mass is 16.3. The smallest absolute Gasteiger partial charge is 0.228 e. The summed E-state index contributed by atoms with van der Waals surface area (Å²) in [6, 6.07) is 6.79. The third kappa shape index (κ3) is 1.18. The lowest BCUT2D eigenvalue weighted by Gasteiger charge is -1.99. The molecule has 13 heavy (non-hydrogen) atoms. The van der Waals surface area contributed by atoms with Crippen LogP contribution in [0, 0.1) is 6.57 Å². The number of fused-ring (bicyclic) bond motifs is 1. The van der Waals surface area contributed by atoms with Gasteiger partial charge in [0.1, 0.15) is 5.75 Å². The van der Waals surface area contributed by atoms with E-state index >= 15 is 0 Å². The van der Waals surface area contributed by atoms with Gasteiger partial charge in [-0.1, -0.05) is 6.07 Å². The number of aromatic hydroxyl groups is 1. The Hall–Kier alpha value is -2.08. The first-order valence-electron chi connectivity index (χ1n) is 3.76. The van der Waals surface area contributed by atoms with Crippen LogP contribution in [-0.4, -0.2) is 10.1 Å². The van der Waals surface area contributed by atoms with Gasteiger partial charge in [-0.2, -0.15) is 0 Å². The third-order valence-corrected chi connectivity index (χ3v) is 1.82. The van der Waals surface area contributed by atoms with Crippen molar-refractivity contribution in [2.45, 2.75) is 0 Å². The molecule has 3 heteroatoms. The number of phenolic OH excluding ortho intramolecular Hbond substituents is 1. The van der Waals surface area contributed by atoms with Crippen molar-refractivity contribution < 1.29 is 5.11 Å². The molecule has 1 N–H and O–H groups in total. The Kier molecular flexibility index (Phi) is 1.60. The fourth-order valence-corrected chi connectivity index (χ4v) is 1.19. The maximum atomic E-state index is 9.35. The third-order valence-electron chi connectivity index (χ3n) is 1.82. The minimum atomic E-state index is -0.0128. The van der Waals surface area contributed by atoms with Crippen molar-refractivity contribution in [1.29, 1.82) is 0 Å². The van der Waals surface area contributed by atoms with E-state index < -0.39 is 0 Å². The molecule has 0 spiro atoms. The van der Waals surface area contributed by atoms with Crippen LogP contribution in [0.5, 0.6) is 5.75 Å². The molecule has 1 aromatic carbocycles. The number of hydrogen-bond acceptors (Lipinski definition) is 2. The van der Waals surface area contributed by atoms with Gasteiger partial charge in [0.05, 0.1) is 12.1 Å². The van der Waals surface area contributed by atoms with Crippen LogP contribution in [0.3, 0.4) is 0 Å². The van der Waals surface area contributed by atoms with Crippen LogP contribution in [0.15, 0.2) is 30.5 Å². The summed E-state index contributed by atoms with van der Waals surface area (Å²) in [4.78, 5) is 7.25. The van der Waals surface area contributed by atoms with Crippen molar-refractivity contribution >= 4 is 16.6 Å². The lowest BCUT2D eigenvalue weighted by Crippen LogP contribution is -1.76. The van der Waals surface area contributed by atoms with Crippen LogP contribution in [0.4, 0.5) is 5.69 Å². The molecule has 0 aliphatic rings. The van der Waals surface area contributed by atoms with Crippen LogP contribution < -0.4 is 0 Å². The van der Waals surface area contributed by atoms with E-state index in [1.165, 1.54) is 6.07 Å². The van der Waals surface area contributed by atoms with Gasteiger partial charge in [-0.15, -0.1) is 0 Å². The summed E-state index contributed by atoms with van der Waals surface area (Å²) in [7, 11) is 0. The number of aromatic nitrogens is 1. The monoisotopic (exact) mass is 170 g/mol. The number of rotatable bonds is 0. The van der Waals surface area contributed by atoms with Crippen LogP contribution >= 0.6 is 0 Å². The molecule has 0 aliphatic carbocycles. The molecular formula is C10H6N2O. The second kappa shape index (κ2) is 2.76. The average Bonchev–Trinajstić information content (AvgIpc) is 2.17. The summed E-state index contributed by atoms with van der Waals surface area (Å²) < 4.78 is 0. The number of nitrogens with zero attached hydrogens (tertiary/aromatic N) is 2. The van der Waals surface area contributed by atoms with Crippen molar-refractivity contribution in [3.63, 3.8) is 0 Å². The molecule has 62 valence electrons. The summed E-state index contributed by atoms with van der Waals surface area (Å²) in [6.45, 7) is 6.80. The second-order valence-electron chi connectivity index (χ2n) is 2.65. The number of benzene rings is 1. The van der Waals surface area contributed by atoms with Gasteiger partial charge in [-0.25, -0.2) is 4.85 Å². The van der Waals surface area contributed by atoms with Gasteiger partial charge in [0.15, 0.2) is 0 Å². The molecule has 0 fully saturated rings. The molecule has 0 saturated heterocycles. The number of hydrogen-bond donors (Lipinski definition) is 1. The van der Waals surface area contributed by atoms with E-state index in [9.17, 15) is 5.11 Å². The normalized spacial score (nSPS) is 9.77. The van der Waals surface area contributed by atoms with Crippen molar-refractivity contribution in [3.8, 4) is 5.75 Å². The fourth-order valence-electron chi connectivity index (χ4n) is 1.19. The van der Waals surface area contributed by atoms with E-state index in [4.69, 9.17) is 6.57 Å². The van der Waals surface area contributed by atoms with Gasteiger partial charge in [-0.3, -0.25) is 4.98 Å². The van der Waals surface area contributed by atoms with Gasteiger partial charge in [0, 0.05) is 6.20 Å². The summed E-state index contributed by atoms with van der Waals surface area (Å²) in [5, 5.41) is 10.2. The molecule has 0 atom stereocenters. The number of phenols is 1. The highest BCUT2D eigenvalue weighted by Crippen LogP contribution is 2.30. The Balaban J connectivity index is 2.83. The van der Waals surface area contributed by atoms with Gasteiger partial charge in [0.25, 0.3) is 0 Å². The molecule has 1 aromatic heterocycles. The summed E-state index contributed by atoms with van der Waals surface area (Å²) in [5.41, 5.74) is 0.966. The van der Waals surface area contributed by atoms with Crippen LogP contribution in [-0.2, 0) is 0 Å². The van der Waals surface area contributed by atoms with Crippen LogP contribution in [0.2, 0.25) is 0 Å². The first-order chi connectivity index (χ1) is 6.31. The molecular weight excluding hydrogens is 164 g/mol. The molecule has 1 heterocycles. The molecule has 0 bridgehead atoms. The van der Waals surface area contributed by atoms with Gasteiger partial charge < -0.3 is 5.11 Å². The summed E-state index contributed by atoms with van der Waals surface area (Å²) >= 11 is 0. The summed E-state index contributed by atoms with van der Waals surface area (Å²) in [6.07, 6.45) is 1.65. The highest BCUT2D eigenvalue weighted by molar-refractivity contribution is 5.85. The SMILES string of the molecule is [C-]#[N+]c1cc2cccnc2cc1O. The van der Waals surface area contributed by atoms with Gasteiger partial charge in [-0.05, 0) is 23.6 Å². The Bertz CT molecular complexity index is 500. The Morgan fingerprint density at radius 3 is 3.00 bits per heavy atom. The molecule has 0 amide bonds. The highest BCUT2D eigenvalue weighted by Gasteiger charge is 2.02. The van der Waals surface area contributed by atoms with E-state index in [2.05, 4.69) is 9.83 Å². The maximum Gasteiger partial charge on any atom is 0.228 e. The predicted molar refractivity (Wildman–Crippen MR) is 49.7 cm³/mol. The zero-order chi connectivity index (χ0) is 9.26. The standard InChI is InChI=1S/C10H6N2O/c1-11-9-5-7-3-2-4-12-8(7)6-10(9)13/h2-6,13H. The largest absolute Gasteiger partial charge is 0.519 e. The second-order valence-corrected chi connectivity index (χ2v) is 2.65. The topological polar surface area (TPSA) is 37.5 Å². The lowest BCUT2D eigenvalue weighted by molar-refractivity contribution is 0.479. The first kappa shape index (κ1) is 7.56. The lowest BCUT2D eigenvalue weighted by atomic mass is 10.2. The van der Waals surface area contributed by atoms with E-state index in [1.807, 2.05) is 6.07 Å². The summed E-state index contributed by atoms with van der Waals surface area (Å²) in [5.74, 6) is -0.0128. The molecule has 0 unspecified atom stereocenters. The first-order valence-corrected chi connectivity index (χ1v) is 3.76. The van der Waals surface area contributed by atoms with E-state index in [0.717, 1.165) is 5.39 Å². The zero-order valence-electron chi connectivity index (χ0n) is 6.73. The van der Waals surface area contributed by atoms with Crippen molar-refractivity contribution in [2.75, 3.05) is 0 Å². The van der Waals surface area contributed by atoms with E-state index in [0.29, 0.717) is 5.52 Å². The molecule has 0 aliphatic heterocycles. The molecule has 0 saturated carbocycles. The Morgan fingerprint density at radius 1 is 1.38 bits per heavy atom. The average molecular weight is 170 g/mol. The molecule has 0 radical (unpaired) electrons. The van der Waals surface area contributed by atoms with Crippen molar-refractivity contribution in [1.82, 2.24) is 4.98 Å². The molecule has 2 rings (SSSR count). The zero-order valence-corrected chi connectivity index (χ0v) is 6.73. The Labute approximate surface area is 75.1 Å². The van der Waals surface area contributed by atoms with Crippen molar-refractivity contribution in [2.24, 2.45) is 0 Å². The minimum Gasteiger partial charge on any atom is -0.519 e. The van der Waals surface area contributed by atoms with Gasteiger partial charge in [0.2, 0.25) is 5.69 Å². The maximum absolute atomic E-state index is 9.35. The quantitative estimate of drug-likeness (QED) is 0.617. The van der Waals surface area contributed by atoms with Crippen molar-refractivity contribution in [3.05, 3.63) is 41.9 Å². The number of pyridine rings is 1. The molecule has 2 aromatic rings. The fraction of sp³-hybridized carbons (Fsp3) is 0. The Morgan fingerprint density at radius 2 is 2.23 bits per heavy atom. The van der Waals surface area contributed by atoms with Crippen LogP contribution in [0.25, 0.3) is 15.7 Å².